The van der Waals surface area contributed by atoms with Crippen LogP contribution in [0.3, 0.4) is 0 Å². The van der Waals surface area contributed by atoms with Crippen molar-refractivity contribution < 1.29 is 9.47 Å². The second-order valence-electron chi connectivity index (χ2n) is 3.51. The third kappa shape index (κ3) is 3.08. The highest BCUT2D eigenvalue weighted by Crippen LogP contribution is 2.27. The molecule has 1 fully saturated rings. The van der Waals surface area contributed by atoms with Crippen molar-refractivity contribution >= 4 is 15.9 Å². The SMILES string of the molecule is C=CCOc1ccc(Br)cc1CC1CO1. The molecule has 80 valence electrons. The van der Waals surface area contributed by atoms with E-state index in [0.717, 1.165) is 23.2 Å². The second-order valence-corrected chi connectivity index (χ2v) is 4.43. The van der Waals surface area contributed by atoms with Gasteiger partial charge in [0.1, 0.15) is 12.4 Å². The molecule has 0 radical (unpaired) electrons. The van der Waals surface area contributed by atoms with Crippen LogP contribution in [-0.4, -0.2) is 19.3 Å². The maximum atomic E-state index is 5.58. The minimum absolute atomic E-state index is 0.380. The summed E-state index contributed by atoms with van der Waals surface area (Å²) in [5.74, 6) is 0.925. The number of hydrogen-bond acceptors (Lipinski definition) is 2. The lowest BCUT2D eigenvalue weighted by molar-refractivity contribution is 0.354. The van der Waals surface area contributed by atoms with Crippen LogP contribution in [0.1, 0.15) is 5.56 Å². The Morgan fingerprint density at radius 2 is 2.40 bits per heavy atom. The van der Waals surface area contributed by atoms with Crippen molar-refractivity contribution in [1.82, 2.24) is 0 Å². The lowest BCUT2D eigenvalue weighted by Crippen LogP contribution is -2.00. The molecule has 15 heavy (non-hydrogen) atoms. The molecule has 0 bridgehead atoms. The van der Waals surface area contributed by atoms with Gasteiger partial charge in [0.15, 0.2) is 0 Å². The first-order valence-corrected chi connectivity index (χ1v) is 5.72. The summed E-state index contributed by atoms with van der Waals surface area (Å²) in [7, 11) is 0. The van der Waals surface area contributed by atoms with Gasteiger partial charge < -0.3 is 9.47 Å². The third-order valence-corrected chi connectivity index (χ3v) is 2.72. The standard InChI is InChI=1S/C12H13BrO2/c1-2-5-14-12-4-3-10(13)6-9(12)7-11-8-15-11/h2-4,6,11H,1,5,7-8H2. The zero-order valence-electron chi connectivity index (χ0n) is 8.41. The number of halogens is 1. The van der Waals surface area contributed by atoms with Crippen molar-refractivity contribution in [2.45, 2.75) is 12.5 Å². The highest BCUT2D eigenvalue weighted by atomic mass is 79.9. The summed E-state index contributed by atoms with van der Waals surface area (Å²) >= 11 is 3.46. The van der Waals surface area contributed by atoms with Crippen LogP contribution in [0.2, 0.25) is 0 Å². The molecule has 1 aromatic carbocycles. The van der Waals surface area contributed by atoms with E-state index < -0.39 is 0 Å². The molecule has 2 nitrogen and oxygen atoms in total. The van der Waals surface area contributed by atoms with Crippen LogP contribution >= 0.6 is 15.9 Å². The van der Waals surface area contributed by atoms with Gasteiger partial charge in [-0.15, -0.1) is 0 Å². The molecule has 1 atom stereocenters. The third-order valence-electron chi connectivity index (χ3n) is 2.23. The van der Waals surface area contributed by atoms with E-state index in [1.807, 2.05) is 12.1 Å². The molecular weight excluding hydrogens is 256 g/mol. The lowest BCUT2D eigenvalue weighted by atomic mass is 10.1. The predicted molar refractivity (Wildman–Crippen MR) is 63.3 cm³/mol. The van der Waals surface area contributed by atoms with Gasteiger partial charge in [-0.2, -0.15) is 0 Å². The molecule has 0 aliphatic carbocycles. The van der Waals surface area contributed by atoms with Gasteiger partial charge in [-0.1, -0.05) is 28.6 Å². The van der Waals surface area contributed by atoms with E-state index in [2.05, 4.69) is 28.6 Å². The van der Waals surface area contributed by atoms with E-state index in [4.69, 9.17) is 9.47 Å². The molecule has 0 amide bonds. The second kappa shape index (κ2) is 4.81. The number of epoxide rings is 1. The topological polar surface area (TPSA) is 21.8 Å². The van der Waals surface area contributed by atoms with Gasteiger partial charge in [-0.05, 0) is 23.8 Å². The van der Waals surface area contributed by atoms with Crippen molar-refractivity contribution in [2.75, 3.05) is 13.2 Å². The summed E-state index contributed by atoms with van der Waals surface area (Å²) in [6, 6.07) is 6.04. The van der Waals surface area contributed by atoms with Gasteiger partial charge in [0, 0.05) is 10.9 Å². The summed E-state index contributed by atoms with van der Waals surface area (Å²) in [6.45, 7) is 5.05. The molecule has 3 heteroatoms. The molecule has 1 saturated heterocycles. The first-order valence-electron chi connectivity index (χ1n) is 4.93. The molecular formula is C12H13BrO2. The van der Waals surface area contributed by atoms with Crippen LogP contribution in [0, 0.1) is 0 Å². The number of rotatable bonds is 5. The summed E-state index contributed by atoms with van der Waals surface area (Å²) in [6.07, 6.45) is 3.05. The predicted octanol–water partition coefficient (Wildman–Crippen LogP) is 2.96. The summed E-state index contributed by atoms with van der Waals surface area (Å²) < 4.78 is 11.9. The Bertz CT molecular complexity index is 359. The van der Waals surface area contributed by atoms with Crippen molar-refractivity contribution in [1.29, 1.82) is 0 Å². The van der Waals surface area contributed by atoms with Gasteiger partial charge in [0.2, 0.25) is 0 Å². The Labute approximate surface area is 98.0 Å². The van der Waals surface area contributed by atoms with E-state index in [0.29, 0.717) is 12.7 Å². The van der Waals surface area contributed by atoms with Crippen LogP contribution in [0.25, 0.3) is 0 Å². The largest absolute Gasteiger partial charge is 0.489 e. The lowest BCUT2D eigenvalue weighted by Gasteiger charge is -2.09. The molecule has 1 aliphatic rings. The van der Waals surface area contributed by atoms with Gasteiger partial charge in [-0.25, -0.2) is 0 Å². The molecule has 2 rings (SSSR count). The average Bonchev–Trinajstić information content (AvgIpc) is 3.01. The van der Waals surface area contributed by atoms with Gasteiger partial charge in [0.05, 0.1) is 12.7 Å². The van der Waals surface area contributed by atoms with Gasteiger partial charge in [0.25, 0.3) is 0 Å². The first-order chi connectivity index (χ1) is 7.29. The number of hydrogen-bond donors (Lipinski definition) is 0. The molecule has 1 aliphatic heterocycles. The maximum absolute atomic E-state index is 5.58. The Balaban J connectivity index is 2.13. The Hall–Kier alpha value is -0.800. The molecule has 0 spiro atoms. The highest BCUT2D eigenvalue weighted by Gasteiger charge is 2.24. The molecule has 0 N–H and O–H groups in total. The Kier molecular flexibility index (Phi) is 3.44. The highest BCUT2D eigenvalue weighted by molar-refractivity contribution is 9.10. The summed E-state index contributed by atoms with van der Waals surface area (Å²) in [5, 5.41) is 0. The fourth-order valence-electron chi connectivity index (χ4n) is 1.43. The summed E-state index contributed by atoms with van der Waals surface area (Å²) in [4.78, 5) is 0. The van der Waals surface area contributed by atoms with Crippen molar-refractivity contribution in [3.05, 3.63) is 40.9 Å². The normalized spacial score (nSPS) is 18.6. The fraction of sp³-hybridized carbons (Fsp3) is 0.333. The smallest absolute Gasteiger partial charge is 0.123 e. The van der Waals surface area contributed by atoms with Crippen molar-refractivity contribution in [3.63, 3.8) is 0 Å². The average molecular weight is 269 g/mol. The quantitative estimate of drug-likeness (QED) is 0.605. The molecule has 0 aromatic heterocycles. The van der Waals surface area contributed by atoms with Gasteiger partial charge >= 0.3 is 0 Å². The van der Waals surface area contributed by atoms with E-state index in [1.54, 1.807) is 6.08 Å². The Morgan fingerprint density at radius 1 is 1.60 bits per heavy atom. The molecule has 1 unspecified atom stereocenters. The van der Waals surface area contributed by atoms with Gasteiger partial charge in [-0.3, -0.25) is 0 Å². The maximum Gasteiger partial charge on any atom is 0.123 e. The van der Waals surface area contributed by atoms with Crippen molar-refractivity contribution in [3.8, 4) is 5.75 Å². The van der Waals surface area contributed by atoms with E-state index in [-0.39, 0.29) is 0 Å². The van der Waals surface area contributed by atoms with Crippen LogP contribution in [-0.2, 0) is 11.2 Å². The van der Waals surface area contributed by atoms with Crippen LogP contribution < -0.4 is 4.74 Å². The van der Waals surface area contributed by atoms with Crippen LogP contribution in [0.5, 0.6) is 5.75 Å². The number of benzene rings is 1. The summed E-state index contributed by atoms with van der Waals surface area (Å²) in [5.41, 5.74) is 1.19. The Morgan fingerprint density at radius 3 is 3.07 bits per heavy atom. The molecule has 0 saturated carbocycles. The zero-order valence-corrected chi connectivity index (χ0v) is 10.00. The first kappa shape index (κ1) is 10.7. The van der Waals surface area contributed by atoms with Crippen LogP contribution in [0.15, 0.2) is 35.3 Å². The van der Waals surface area contributed by atoms with Crippen molar-refractivity contribution in [2.24, 2.45) is 0 Å². The van der Waals surface area contributed by atoms with Crippen LogP contribution in [0.4, 0.5) is 0 Å². The number of ether oxygens (including phenoxy) is 2. The monoisotopic (exact) mass is 268 g/mol. The van der Waals surface area contributed by atoms with E-state index >= 15 is 0 Å². The molecule has 1 heterocycles. The zero-order chi connectivity index (χ0) is 10.7. The van der Waals surface area contributed by atoms with E-state index in [1.165, 1.54) is 5.56 Å². The fourth-order valence-corrected chi connectivity index (χ4v) is 1.84. The van der Waals surface area contributed by atoms with E-state index in [9.17, 15) is 0 Å². The minimum atomic E-state index is 0.380. The minimum Gasteiger partial charge on any atom is -0.489 e. The molecule has 1 aromatic rings.